The Morgan fingerprint density at radius 1 is 1.14 bits per heavy atom. The van der Waals surface area contributed by atoms with Crippen LogP contribution in [0.2, 0.25) is 0 Å². The zero-order chi connectivity index (χ0) is 15.7. The lowest BCUT2D eigenvalue weighted by Crippen LogP contribution is -2.27. The minimum absolute atomic E-state index is 0.0957. The first-order valence-corrected chi connectivity index (χ1v) is 7.28. The Kier molecular flexibility index (Phi) is 3.77. The molecule has 0 aliphatic heterocycles. The van der Waals surface area contributed by atoms with Crippen LogP contribution in [-0.4, -0.2) is 4.57 Å². The number of benzene rings is 2. The summed E-state index contributed by atoms with van der Waals surface area (Å²) in [5, 5.41) is 0.675. The van der Waals surface area contributed by atoms with Crippen LogP contribution in [0.3, 0.4) is 0 Å². The standard InChI is InChI=1S/C18H17FN2O/c1-2-15(20)16-11-12-7-6-10-14(19)17(12)18(22)21(16)13-8-4-3-5-9-13/h3-11,15H,2,20H2,1H3/t15-/m0/s1. The van der Waals surface area contributed by atoms with Gasteiger partial charge in [0.25, 0.3) is 5.56 Å². The van der Waals surface area contributed by atoms with Crippen LogP contribution in [-0.2, 0) is 0 Å². The molecule has 4 heteroatoms. The van der Waals surface area contributed by atoms with E-state index in [9.17, 15) is 9.18 Å². The minimum atomic E-state index is -0.510. The molecular formula is C18H17FN2O. The molecule has 3 nitrogen and oxygen atoms in total. The molecule has 0 spiro atoms. The predicted octanol–water partition coefficient (Wildman–Crippen LogP) is 3.54. The first kappa shape index (κ1) is 14.5. The molecule has 0 amide bonds. The molecule has 22 heavy (non-hydrogen) atoms. The van der Waals surface area contributed by atoms with Gasteiger partial charge in [-0.3, -0.25) is 9.36 Å². The number of aromatic nitrogens is 1. The van der Waals surface area contributed by atoms with E-state index in [1.807, 2.05) is 37.3 Å². The van der Waals surface area contributed by atoms with E-state index in [4.69, 9.17) is 5.73 Å². The number of hydrogen-bond donors (Lipinski definition) is 1. The van der Waals surface area contributed by atoms with Crippen LogP contribution in [0.1, 0.15) is 25.1 Å². The zero-order valence-electron chi connectivity index (χ0n) is 12.3. The van der Waals surface area contributed by atoms with E-state index in [2.05, 4.69) is 0 Å². The highest BCUT2D eigenvalue weighted by atomic mass is 19.1. The summed E-state index contributed by atoms with van der Waals surface area (Å²) in [6, 6.07) is 15.4. The van der Waals surface area contributed by atoms with E-state index in [-0.39, 0.29) is 17.0 Å². The van der Waals surface area contributed by atoms with Crippen molar-refractivity contribution >= 4 is 10.8 Å². The van der Waals surface area contributed by atoms with Gasteiger partial charge >= 0.3 is 0 Å². The molecule has 112 valence electrons. The van der Waals surface area contributed by atoms with Gasteiger partial charge in [-0.2, -0.15) is 0 Å². The fraction of sp³-hybridized carbons (Fsp3) is 0.167. The van der Waals surface area contributed by atoms with E-state index in [1.165, 1.54) is 10.6 Å². The lowest BCUT2D eigenvalue weighted by atomic mass is 10.1. The molecule has 0 saturated heterocycles. The van der Waals surface area contributed by atoms with Crippen LogP contribution >= 0.6 is 0 Å². The highest BCUT2D eigenvalue weighted by Gasteiger charge is 2.17. The lowest BCUT2D eigenvalue weighted by Gasteiger charge is -2.19. The van der Waals surface area contributed by atoms with Crippen LogP contribution in [0, 0.1) is 5.82 Å². The van der Waals surface area contributed by atoms with Crippen LogP contribution in [0.5, 0.6) is 0 Å². The van der Waals surface area contributed by atoms with Gasteiger partial charge < -0.3 is 5.73 Å². The second-order valence-corrected chi connectivity index (χ2v) is 5.26. The molecule has 0 bridgehead atoms. The molecule has 3 aromatic rings. The monoisotopic (exact) mass is 296 g/mol. The third-order valence-corrected chi connectivity index (χ3v) is 3.86. The average molecular weight is 296 g/mol. The van der Waals surface area contributed by atoms with Crippen molar-refractivity contribution in [1.82, 2.24) is 4.57 Å². The molecule has 0 saturated carbocycles. The number of nitrogens with zero attached hydrogens (tertiary/aromatic N) is 1. The normalized spacial score (nSPS) is 12.5. The van der Waals surface area contributed by atoms with Gasteiger partial charge in [-0.05, 0) is 36.1 Å². The topological polar surface area (TPSA) is 48.0 Å². The molecule has 1 aromatic heterocycles. The molecule has 2 N–H and O–H groups in total. The zero-order valence-corrected chi connectivity index (χ0v) is 12.3. The van der Waals surface area contributed by atoms with Crippen LogP contribution in [0.15, 0.2) is 59.4 Å². The van der Waals surface area contributed by atoms with Crippen LogP contribution < -0.4 is 11.3 Å². The van der Waals surface area contributed by atoms with Crippen LogP contribution in [0.25, 0.3) is 16.5 Å². The second-order valence-electron chi connectivity index (χ2n) is 5.26. The van der Waals surface area contributed by atoms with Crippen molar-refractivity contribution in [3.8, 4) is 5.69 Å². The molecule has 0 radical (unpaired) electrons. The van der Waals surface area contributed by atoms with Crippen molar-refractivity contribution in [2.75, 3.05) is 0 Å². The first-order valence-electron chi connectivity index (χ1n) is 7.28. The summed E-state index contributed by atoms with van der Waals surface area (Å²) in [5.41, 5.74) is 7.19. The summed E-state index contributed by atoms with van der Waals surface area (Å²) in [6.45, 7) is 1.96. The van der Waals surface area contributed by atoms with Gasteiger partial charge in [-0.15, -0.1) is 0 Å². The molecule has 2 aromatic carbocycles. The quantitative estimate of drug-likeness (QED) is 0.803. The van der Waals surface area contributed by atoms with Gasteiger partial charge in [-0.25, -0.2) is 4.39 Å². The molecule has 1 heterocycles. The van der Waals surface area contributed by atoms with E-state index in [0.717, 1.165) is 0 Å². The Balaban J connectivity index is 2.44. The van der Waals surface area contributed by atoms with Gasteiger partial charge in [0.1, 0.15) is 5.82 Å². The van der Waals surface area contributed by atoms with Gasteiger partial charge in [0.2, 0.25) is 0 Å². The van der Waals surface area contributed by atoms with Crippen molar-refractivity contribution < 1.29 is 4.39 Å². The van der Waals surface area contributed by atoms with E-state index in [0.29, 0.717) is 23.2 Å². The summed E-state index contributed by atoms with van der Waals surface area (Å²) in [4.78, 5) is 12.9. The van der Waals surface area contributed by atoms with Gasteiger partial charge in [0.15, 0.2) is 0 Å². The van der Waals surface area contributed by atoms with Crippen LogP contribution in [0.4, 0.5) is 4.39 Å². The van der Waals surface area contributed by atoms with Gasteiger partial charge in [0.05, 0.1) is 5.39 Å². The third-order valence-electron chi connectivity index (χ3n) is 3.86. The molecule has 0 aliphatic rings. The number of halogens is 1. The lowest BCUT2D eigenvalue weighted by molar-refractivity contribution is 0.631. The number of pyridine rings is 1. The van der Waals surface area contributed by atoms with Crippen molar-refractivity contribution in [2.45, 2.75) is 19.4 Å². The second kappa shape index (κ2) is 5.73. The number of para-hydroxylation sites is 1. The largest absolute Gasteiger partial charge is 0.323 e. The van der Waals surface area contributed by atoms with E-state index < -0.39 is 5.82 Å². The molecular weight excluding hydrogens is 279 g/mol. The Hall–Kier alpha value is -2.46. The summed E-state index contributed by atoms with van der Waals surface area (Å²) in [5.74, 6) is -0.510. The maximum atomic E-state index is 14.1. The van der Waals surface area contributed by atoms with Crippen molar-refractivity contribution in [3.63, 3.8) is 0 Å². The molecule has 0 fully saturated rings. The van der Waals surface area contributed by atoms with Crippen molar-refractivity contribution in [1.29, 1.82) is 0 Å². The summed E-state index contributed by atoms with van der Waals surface area (Å²) >= 11 is 0. The maximum absolute atomic E-state index is 14.1. The fourth-order valence-electron chi connectivity index (χ4n) is 2.67. The first-order chi connectivity index (χ1) is 10.6. The molecule has 3 rings (SSSR count). The maximum Gasteiger partial charge on any atom is 0.266 e. The molecule has 1 atom stereocenters. The Morgan fingerprint density at radius 3 is 2.55 bits per heavy atom. The third kappa shape index (κ3) is 2.31. The van der Waals surface area contributed by atoms with E-state index >= 15 is 0 Å². The number of hydrogen-bond acceptors (Lipinski definition) is 2. The smallest absolute Gasteiger partial charge is 0.266 e. The van der Waals surface area contributed by atoms with Crippen molar-refractivity contribution in [3.05, 3.63) is 76.5 Å². The predicted molar refractivity (Wildman–Crippen MR) is 86.7 cm³/mol. The SMILES string of the molecule is CC[C@H](N)c1cc2cccc(F)c2c(=O)n1-c1ccccc1. The Labute approximate surface area is 127 Å². The Bertz CT molecular complexity index is 871. The fourth-order valence-corrected chi connectivity index (χ4v) is 2.67. The number of fused-ring (bicyclic) bond motifs is 1. The highest BCUT2D eigenvalue weighted by Crippen LogP contribution is 2.22. The van der Waals surface area contributed by atoms with Gasteiger partial charge in [0, 0.05) is 17.4 Å². The number of rotatable bonds is 3. The summed E-state index contributed by atoms with van der Waals surface area (Å²) in [7, 11) is 0. The summed E-state index contributed by atoms with van der Waals surface area (Å²) < 4.78 is 15.6. The molecule has 0 unspecified atom stereocenters. The minimum Gasteiger partial charge on any atom is -0.323 e. The number of nitrogens with two attached hydrogens (primary N) is 1. The van der Waals surface area contributed by atoms with E-state index in [1.54, 1.807) is 18.2 Å². The molecule has 0 aliphatic carbocycles. The highest BCUT2D eigenvalue weighted by molar-refractivity contribution is 5.83. The average Bonchev–Trinajstić information content (AvgIpc) is 2.54. The van der Waals surface area contributed by atoms with Crippen molar-refractivity contribution in [2.24, 2.45) is 5.73 Å². The Morgan fingerprint density at radius 2 is 1.86 bits per heavy atom. The van der Waals surface area contributed by atoms with Gasteiger partial charge in [-0.1, -0.05) is 37.3 Å². The summed E-state index contributed by atoms with van der Waals surface area (Å²) in [6.07, 6.45) is 0.688.